The average molecular weight is 345 g/mol. The summed E-state index contributed by atoms with van der Waals surface area (Å²) in [5.41, 5.74) is 1.20. The molecule has 0 aliphatic heterocycles. The summed E-state index contributed by atoms with van der Waals surface area (Å²) in [7, 11) is 0. The van der Waals surface area contributed by atoms with Gasteiger partial charge in [-0.1, -0.05) is 6.07 Å². The maximum absolute atomic E-state index is 12.2. The number of tetrazole rings is 1. The summed E-state index contributed by atoms with van der Waals surface area (Å²) in [6.07, 6.45) is 3.08. The minimum atomic E-state index is -0.250. The molecule has 21 heavy (non-hydrogen) atoms. The van der Waals surface area contributed by atoms with E-state index in [-0.39, 0.29) is 5.91 Å². The molecule has 0 atom stereocenters. The van der Waals surface area contributed by atoms with E-state index in [1.54, 1.807) is 36.5 Å². The van der Waals surface area contributed by atoms with Gasteiger partial charge in [0.1, 0.15) is 12.1 Å². The van der Waals surface area contributed by atoms with Crippen LogP contribution in [0.2, 0.25) is 0 Å². The molecule has 104 valence electrons. The van der Waals surface area contributed by atoms with Gasteiger partial charge in [-0.3, -0.25) is 4.79 Å². The summed E-state index contributed by atoms with van der Waals surface area (Å²) >= 11 is 3.29. The monoisotopic (exact) mass is 344 g/mol. The lowest BCUT2D eigenvalue weighted by atomic mass is 10.2. The second-order valence-corrected chi connectivity index (χ2v) is 5.04. The summed E-state index contributed by atoms with van der Waals surface area (Å²) < 4.78 is 2.33. The van der Waals surface area contributed by atoms with E-state index in [0.29, 0.717) is 17.1 Å². The highest BCUT2D eigenvalue weighted by molar-refractivity contribution is 9.10. The van der Waals surface area contributed by atoms with Gasteiger partial charge in [-0.25, -0.2) is 9.67 Å². The highest BCUT2D eigenvalue weighted by Gasteiger charge is 2.08. The number of aromatic nitrogens is 5. The molecular weight excluding hydrogens is 336 g/mol. The largest absolute Gasteiger partial charge is 0.307 e. The maximum atomic E-state index is 12.2. The molecule has 0 saturated carbocycles. The Labute approximate surface area is 128 Å². The molecule has 0 radical (unpaired) electrons. The number of halogens is 1. The Kier molecular flexibility index (Phi) is 3.69. The molecule has 0 bridgehead atoms. The first-order valence-electron chi connectivity index (χ1n) is 5.99. The van der Waals surface area contributed by atoms with Crippen LogP contribution in [-0.2, 0) is 0 Å². The predicted molar refractivity (Wildman–Crippen MR) is 79.0 cm³/mol. The van der Waals surface area contributed by atoms with Gasteiger partial charge in [0.05, 0.1) is 5.69 Å². The SMILES string of the molecule is O=C(Nc1ccc(Br)cn1)c1cccc(-n2cnnn2)c1. The zero-order valence-corrected chi connectivity index (χ0v) is 12.2. The van der Waals surface area contributed by atoms with Crippen molar-refractivity contribution in [1.82, 2.24) is 25.2 Å². The Morgan fingerprint density at radius 3 is 2.86 bits per heavy atom. The number of hydrogen-bond acceptors (Lipinski definition) is 5. The van der Waals surface area contributed by atoms with E-state index in [1.165, 1.54) is 11.0 Å². The highest BCUT2D eigenvalue weighted by Crippen LogP contribution is 2.13. The first-order chi connectivity index (χ1) is 10.2. The van der Waals surface area contributed by atoms with Crippen LogP contribution in [0.25, 0.3) is 5.69 Å². The molecule has 0 aliphatic carbocycles. The standard InChI is InChI=1S/C13H9BrN6O/c14-10-4-5-12(15-7-10)17-13(21)9-2-1-3-11(6-9)20-8-16-18-19-20/h1-8H,(H,15,17,21). The Morgan fingerprint density at radius 2 is 2.14 bits per heavy atom. The third-order valence-electron chi connectivity index (χ3n) is 2.69. The van der Waals surface area contributed by atoms with Crippen LogP contribution in [-0.4, -0.2) is 31.1 Å². The van der Waals surface area contributed by atoms with Gasteiger partial charge in [-0.05, 0) is 56.7 Å². The molecule has 1 amide bonds. The molecule has 2 aromatic heterocycles. The molecule has 7 nitrogen and oxygen atoms in total. The maximum Gasteiger partial charge on any atom is 0.256 e. The van der Waals surface area contributed by atoms with Crippen molar-refractivity contribution in [1.29, 1.82) is 0 Å². The van der Waals surface area contributed by atoms with E-state index in [2.05, 4.69) is 41.8 Å². The van der Waals surface area contributed by atoms with Gasteiger partial charge in [-0.15, -0.1) is 5.10 Å². The molecule has 0 saturated heterocycles. The number of nitrogens with zero attached hydrogens (tertiary/aromatic N) is 5. The van der Waals surface area contributed by atoms with Crippen LogP contribution >= 0.6 is 15.9 Å². The Morgan fingerprint density at radius 1 is 1.24 bits per heavy atom. The number of carbonyl (C=O) groups is 1. The summed E-state index contributed by atoms with van der Waals surface area (Å²) in [4.78, 5) is 16.3. The lowest BCUT2D eigenvalue weighted by Crippen LogP contribution is -2.13. The predicted octanol–water partition coefficient (Wildman–Crippen LogP) is 2.07. The minimum Gasteiger partial charge on any atom is -0.307 e. The Bertz CT molecular complexity index is 757. The number of pyridine rings is 1. The van der Waals surface area contributed by atoms with Crippen molar-refractivity contribution in [2.75, 3.05) is 5.32 Å². The second-order valence-electron chi connectivity index (χ2n) is 4.12. The van der Waals surface area contributed by atoms with E-state index in [4.69, 9.17) is 0 Å². The number of rotatable bonds is 3. The van der Waals surface area contributed by atoms with E-state index in [1.807, 2.05) is 6.07 Å². The molecule has 8 heteroatoms. The van der Waals surface area contributed by atoms with Crippen molar-refractivity contribution >= 4 is 27.7 Å². The summed E-state index contributed by atoms with van der Waals surface area (Å²) in [6.45, 7) is 0. The topological polar surface area (TPSA) is 85.6 Å². The summed E-state index contributed by atoms with van der Waals surface area (Å²) in [6, 6.07) is 10.5. The molecule has 0 fully saturated rings. The average Bonchev–Trinajstić information content (AvgIpc) is 3.04. The van der Waals surface area contributed by atoms with Gasteiger partial charge < -0.3 is 5.32 Å². The molecule has 1 aromatic carbocycles. The van der Waals surface area contributed by atoms with Crippen LogP contribution in [0.1, 0.15) is 10.4 Å². The molecule has 0 spiro atoms. The van der Waals surface area contributed by atoms with Crippen LogP contribution in [0.3, 0.4) is 0 Å². The van der Waals surface area contributed by atoms with Crippen LogP contribution in [0.4, 0.5) is 5.82 Å². The number of benzene rings is 1. The molecule has 0 aliphatic rings. The normalized spacial score (nSPS) is 10.3. The number of hydrogen-bond donors (Lipinski definition) is 1. The zero-order valence-electron chi connectivity index (χ0n) is 10.6. The van der Waals surface area contributed by atoms with Crippen molar-refractivity contribution in [2.45, 2.75) is 0 Å². The van der Waals surface area contributed by atoms with Gasteiger partial charge in [0.15, 0.2) is 0 Å². The van der Waals surface area contributed by atoms with Gasteiger partial charge >= 0.3 is 0 Å². The van der Waals surface area contributed by atoms with E-state index >= 15 is 0 Å². The van der Waals surface area contributed by atoms with Crippen molar-refractivity contribution in [3.8, 4) is 5.69 Å². The van der Waals surface area contributed by atoms with Crippen LogP contribution in [0.5, 0.6) is 0 Å². The first kappa shape index (κ1) is 13.4. The molecule has 2 heterocycles. The fourth-order valence-corrected chi connectivity index (χ4v) is 1.94. The fourth-order valence-electron chi connectivity index (χ4n) is 1.71. The van der Waals surface area contributed by atoms with E-state index < -0.39 is 0 Å². The molecule has 0 unspecified atom stereocenters. The molecular formula is C13H9BrN6O. The van der Waals surface area contributed by atoms with Gasteiger partial charge in [0, 0.05) is 16.2 Å². The lowest BCUT2D eigenvalue weighted by molar-refractivity contribution is 0.102. The first-order valence-corrected chi connectivity index (χ1v) is 6.78. The van der Waals surface area contributed by atoms with Crippen molar-refractivity contribution in [3.63, 3.8) is 0 Å². The fraction of sp³-hybridized carbons (Fsp3) is 0. The molecule has 3 rings (SSSR count). The number of anilines is 1. The third kappa shape index (κ3) is 3.11. The van der Waals surface area contributed by atoms with Gasteiger partial charge in [0.25, 0.3) is 5.91 Å². The van der Waals surface area contributed by atoms with Crippen LogP contribution in [0, 0.1) is 0 Å². The van der Waals surface area contributed by atoms with Gasteiger partial charge in [0.2, 0.25) is 0 Å². The number of carbonyl (C=O) groups excluding carboxylic acids is 1. The van der Waals surface area contributed by atoms with Crippen LogP contribution in [0.15, 0.2) is 53.4 Å². The summed E-state index contributed by atoms with van der Waals surface area (Å²) in [5.74, 6) is 0.232. The molecule has 3 aromatic rings. The summed E-state index contributed by atoms with van der Waals surface area (Å²) in [5, 5.41) is 13.6. The minimum absolute atomic E-state index is 0.250. The Balaban J connectivity index is 1.81. The van der Waals surface area contributed by atoms with Crippen LogP contribution < -0.4 is 5.32 Å². The third-order valence-corrected chi connectivity index (χ3v) is 3.16. The number of nitrogens with one attached hydrogen (secondary N) is 1. The van der Waals surface area contributed by atoms with Gasteiger partial charge in [-0.2, -0.15) is 0 Å². The zero-order chi connectivity index (χ0) is 14.7. The van der Waals surface area contributed by atoms with E-state index in [0.717, 1.165) is 4.47 Å². The van der Waals surface area contributed by atoms with Crippen molar-refractivity contribution in [3.05, 3.63) is 59.0 Å². The lowest BCUT2D eigenvalue weighted by Gasteiger charge is -2.06. The second kappa shape index (κ2) is 5.80. The number of amides is 1. The smallest absolute Gasteiger partial charge is 0.256 e. The van der Waals surface area contributed by atoms with Crippen molar-refractivity contribution < 1.29 is 4.79 Å². The molecule has 1 N–H and O–H groups in total. The van der Waals surface area contributed by atoms with E-state index in [9.17, 15) is 4.79 Å². The highest BCUT2D eigenvalue weighted by atomic mass is 79.9. The quantitative estimate of drug-likeness (QED) is 0.785. The van der Waals surface area contributed by atoms with Crippen molar-refractivity contribution in [2.24, 2.45) is 0 Å². The Hall–Kier alpha value is -2.61.